The van der Waals surface area contributed by atoms with Gasteiger partial charge in [-0.3, -0.25) is 9.59 Å². The normalized spacial score (nSPS) is 11.2. The van der Waals surface area contributed by atoms with Gasteiger partial charge in [-0.15, -0.1) is 0 Å². The van der Waals surface area contributed by atoms with Crippen molar-refractivity contribution in [2.75, 3.05) is 5.32 Å². The van der Waals surface area contributed by atoms with E-state index in [2.05, 4.69) is 26.6 Å². The highest BCUT2D eigenvalue weighted by atomic mass is 79.9. The standard InChI is InChI=1S/C18H13BrN2O4/c19-12-4-1-5-13(10-12)20-17(22)15(11-14-6-2-8-24-14)21-18(23)16-7-3-9-25-16/h1-11H,(H,20,22)(H,21,23). The van der Waals surface area contributed by atoms with Crippen LogP contribution in [0.3, 0.4) is 0 Å². The summed E-state index contributed by atoms with van der Waals surface area (Å²) in [6, 6.07) is 13.6. The van der Waals surface area contributed by atoms with E-state index in [1.807, 2.05) is 6.07 Å². The van der Waals surface area contributed by atoms with Gasteiger partial charge in [-0.2, -0.15) is 0 Å². The van der Waals surface area contributed by atoms with Crippen molar-refractivity contribution in [3.63, 3.8) is 0 Å². The first-order valence-corrected chi connectivity index (χ1v) is 8.08. The Balaban J connectivity index is 1.83. The van der Waals surface area contributed by atoms with Crippen LogP contribution in [-0.2, 0) is 4.79 Å². The summed E-state index contributed by atoms with van der Waals surface area (Å²) in [6.45, 7) is 0. The van der Waals surface area contributed by atoms with Gasteiger partial charge in [-0.1, -0.05) is 22.0 Å². The Bertz CT molecular complexity index is 899. The number of hydrogen-bond donors (Lipinski definition) is 2. The van der Waals surface area contributed by atoms with Crippen molar-refractivity contribution in [1.29, 1.82) is 0 Å². The lowest BCUT2D eigenvalue weighted by atomic mass is 10.2. The van der Waals surface area contributed by atoms with E-state index in [-0.39, 0.29) is 11.5 Å². The van der Waals surface area contributed by atoms with Gasteiger partial charge in [0.05, 0.1) is 12.5 Å². The van der Waals surface area contributed by atoms with Gasteiger partial charge in [0.1, 0.15) is 11.5 Å². The first kappa shape index (κ1) is 16.8. The number of carbonyl (C=O) groups excluding carboxylic acids is 2. The van der Waals surface area contributed by atoms with Crippen LogP contribution in [0.4, 0.5) is 5.69 Å². The predicted octanol–water partition coefficient (Wildman–Crippen LogP) is 4.04. The zero-order valence-electron chi connectivity index (χ0n) is 12.9. The Labute approximate surface area is 151 Å². The number of amides is 2. The van der Waals surface area contributed by atoms with Crippen LogP contribution in [0, 0.1) is 0 Å². The minimum Gasteiger partial charge on any atom is -0.465 e. The van der Waals surface area contributed by atoms with Crippen LogP contribution < -0.4 is 10.6 Å². The van der Waals surface area contributed by atoms with E-state index in [1.165, 1.54) is 24.7 Å². The molecule has 0 fully saturated rings. The Morgan fingerprint density at radius 3 is 2.48 bits per heavy atom. The molecule has 0 spiro atoms. The van der Waals surface area contributed by atoms with Gasteiger partial charge in [0.2, 0.25) is 0 Å². The maximum atomic E-state index is 12.6. The lowest BCUT2D eigenvalue weighted by Gasteiger charge is -2.10. The molecule has 1 aromatic carbocycles. The summed E-state index contributed by atoms with van der Waals surface area (Å²) in [5.41, 5.74) is 0.605. The number of anilines is 1. The van der Waals surface area contributed by atoms with E-state index < -0.39 is 11.8 Å². The van der Waals surface area contributed by atoms with Crippen LogP contribution >= 0.6 is 15.9 Å². The lowest BCUT2D eigenvalue weighted by molar-refractivity contribution is -0.113. The molecular weight excluding hydrogens is 388 g/mol. The number of halogens is 1. The molecule has 0 unspecified atom stereocenters. The summed E-state index contributed by atoms with van der Waals surface area (Å²) >= 11 is 3.34. The molecule has 126 valence electrons. The smallest absolute Gasteiger partial charge is 0.291 e. The zero-order valence-corrected chi connectivity index (χ0v) is 14.4. The second-order valence-electron chi connectivity index (χ2n) is 4.97. The number of furan rings is 2. The van der Waals surface area contributed by atoms with E-state index in [4.69, 9.17) is 8.83 Å². The molecule has 3 rings (SSSR count). The molecule has 6 nitrogen and oxygen atoms in total. The molecule has 2 aromatic heterocycles. The fraction of sp³-hybridized carbons (Fsp3) is 0. The van der Waals surface area contributed by atoms with E-state index >= 15 is 0 Å². The molecule has 0 aliphatic heterocycles. The first-order chi connectivity index (χ1) is 12.1. The van der Waals surface area contributed by atoms with Gasteiger partial charge >= 0.3 is 0 Å². The molecule has 0 saturated carbocycles. The van der Waals surface area contributed by atoms with Crippen molar-refractivity contribution < 1.29 is 18.4 Å². The maximum Gasteiger partial charge on any atom is 0.291 e. The van der Waals surface area contributed by atoms with Crippen LogP contribution in [0.25, 0.3) is 6.08 Å². The van der Waals surface area contributed by atoms with Crippen molar-refractivity contribution in [2.45, 2.75) is 0 Å². The van der Waals surface area contributed by atoms with Crippen LogP contribution in [0.1, 0.15) is 16.3 Å². The van der Waals surface area contributed by atoms with E-state index in [1.54, 1.807) is 36.4 Å². The average Bonchev–Trinajstić information content (AvgIpc) is 3.28. The summed E-state index contributed by atoms with van der Waals surface area (Å²) in [7, 11) is 0. The van der Waals surface area contributed by atoms with Gasteiger partial charge in [-0.05, 0) is 42.5 Å². The van der Waals surface area contributed by atoms with Crippen molar-refractivity contribution in [3.05, 3.63) is 82.7 Å². The molecule has 7 heteroatoms. The molecule has 0 saturated heterocycles. The van der Waals surface area contributed by atoms with Gasteiger partial charge in [0.25, 0.3) is 11.8 Å². The monoisotopic (exact) mass is 400 g/mol. The summed E-state index contributed by atoms with van der Waals surface area (Å²) < 4.78 is 11.1. The molecule has 25 heavy (non-hydrogen) atoms. The molecule has 0 atom stereocenters. The molecule has 3 aromatic rings. The number of nitrogens with one attached hydrogen (secondary N) is 2. The fourth-order valence-electron chi connectivity index (χ4n) is 2.03. The molecule has 0 aliphatic rings. The summed E-state index contributed by atoms with van der Waals surface area (Å²) in [5, 5.41) is 5.26. The number of rotatable bonds is 5. The SMILES string of the molecule is O=C(Nc1cccc(Br)c1)C(=Cc1ccco1)NC(=O)c1ccco1. The summed E-state index contributed by atoms with van der Waals surface area (Å²) in [4.78, 5) is 24.8. The van der Waals surface area contributed by atoms with Crippen LogP contribution in [0.5, 0.6) is 0 Å². The van der Waals surface area contributed by atoms with Crippen LogP contribution in [0.15, 0.2) is 80.1 Å². The van der Waals surface area contributed by atoms with E-state index in [0.29, 0.717) is 11.4 Å². The number of hydrogen-bond acceptors (Lipinski definition) is 4. The average molecular weight is 401 g/mol. The minimum atomic E-state index is -0.535. The third kappa shape index (κ3) is 4.48. The zero-order chi connectivity index (χ0) is 17.6. The Morgan fingerprint density at radius 2 is 1.80 bits per heavy atom. The molecular formula is C18H13BrN2O4. The summed E-state index contributed by atoms with van der Waals surface area (Å²) in [5.74, 6) is -0.499. The van der Waals surface area contributed by atoms with Crippen molar-refractivity contribution in [2.24, 2.45) is 0 Å². The Morgan fingerprint density at radius 1 is 1.00 bits per heavy atom. The maximum absolute atomic E-state index is 12.6. The lowest BCUT2D eigenvalue weighted by Crippen LogP contribution is -2.30. The second kappa shape index (κ2) is 7.67. The quantitative estimate of drug-likeness (QED) is 0.632. The first-order valence-electron chi connectivity index (χ1n) is 7.29. The Hall–Kier alpha value is -3.06. The molecule has 2 heterocycles. The van der Waals surface area contributed by atoms with Gasteiger partial charge in [0, 0.05) is 16.2 Å². The molecule has 0 aliphatic carbocycles. The topological polar surface area (TPSA) is 84.5 Å². The van der Waals surface area contributed by atoms with Crippen molar-refractivity contribution in [1.82, 2.24) is 5.32 Å². The Kier molecular flexibility index (Phi) is 5.15. The largest absolute Gasteiger partial charge is 0.465 e. The molecule has 2 amide bonds. The highest BCUT2D eigenvalue weighted by Gasteiger charge is 2.17. The second-order valence-corrected chi connectivity index (χ2v) is 5.89. The van der Waals surface area contributed by atoms with Gasteiger partial charge < -0.3 is 19.5 Å². The van der Waals surface area contributed by atoms with E-state index in [9.17, 15) is 9.59 Å². The third-order valence-electron chi connectivity index (χ3n) is 3.15. The number of carbonyl (C=O) groups is 2. The summed E-state index contributed by atoms with van der Waals surface area (Å²) in [6.07, 6.45) is 4.30. The molecule has 0 radical (unpaired) electrons. The van der Waals surface area contributed by atoms with Crippen molar-refractivity contribution >= 4 is 39.5 Å². The highest BCUT2D eigenvalue weighted by Crippen LogP contribution is 2.17. The number of benzene rings is 1. The predicted molar refractivity (Wildman–Crippen MR) is 95.6 cm³/mol. The van der Waals surface area contributed by atoms with Crippen LogP contribution in [-0.4, -0.2) is 11.8 Å². The van der Waals surface area contributed by atoms with Gasteiger partial charge in [0.15, 0.2) is 5.76 Å². The van der Waals surface area contributed by atoms with Crippen LogP contribution in [0.2, 0.25) is 0 Å². The fourth-order valence-corrected chi connectivity index (χ4v) is 2.43. The van der Waals surface area contributed by atoms with Gasteiger partial charge in [-0.25, -0.2) is 0 Å². The molecule has 0 bridgehead atoms. The highest BCUT2D eigenvalue weighted by molar-refractivity contribution is 9.10. The van der Waals surface area contributed by atoms with E-state index in [0.717, 1.165) is 4.47 Å². The molecule has 2 N–H and O–H groups in total. The minimum absolute atomic E-state index is 0.0244. The third-order valence-corrected chi connectivity index (χ3v) is 3.64. The van der Waals surface area contributed by atoms with Crippen molar-refractivity contribution in [3.8, 4) is 0 Å².